The third kappa shape index (κ3) is 3.59. The van der Waals surface area contributed by atoms with E-state index in [0.717, 1.165) is 10.5 Å². The molecule has 1 aromatic rings. The van der Waals surface area contributed by atoms with Gasteiger partial charge in [-0.3, -0.25) is 14.5 Å². The first-order chi connectivity index (χ1) is 9.99. The minimum Gasteiger partial charge on any atom is -0.334 e. The number of carbonyl (C=O) groups is 3. The van der Waals surface area contributed by atoms with Crippen LogP contribution in [0.4, 0.5) is 4.79 Å². The molecule has 6 nitrogen and oxygen atoms in total. The molecule has 4 amide bonds. The zero-order valence-electron chi connectivity index (χ0n) is 12.2. The minimum atomic E-state index is -0.503. The highest BCUT2D eigenvalue weighted by Crippen LogP contribution is 2.10. The molecule has 0 aromatic heterocycles. The van der Waals surface area contributed by atoms with E-state index in [2.05, 4.69) is 5.32 Å². The average Bonchev–Trinajstić information content (AvgIpc) is 2.77. The summed E-state index contributed by atoms with van der Waals surface area (Å²) in [6, 6.07) is 9.10. The molecule has 21 heavy (non-hydrogen) atoms. The Morgan fingerprint density at radius 1 is 1.29 bits per heavy atom. The molecule has 1 aliphatic heterocycles. The summed E-state index contributed by atoms with van der Waals surface area (Å²) < 4.78 is 0. The molecule has 2 rings (SSSR count). The van der Waals surface area contributed by atoms with Gasteiger partial charge in [-0.05, 0) is 19.4 Å². The second-order valence-electron chi connectivity index (χ2n) is 5.24. The fourth-order valence-corrected chi connectivity index (χ4v) is 2.18. The first kappa shape index (κ1) is 15.0. The fraction of sp³-hybridized carbons (Fsp3) is 0.400. The second-order valence-corrected chi connectivity index (χ2v) is 5.24. The van der Waals surface area contributed by atoms with Crippen molar-refractivity contribution in [3.8, 4) is 0 Å². The summed E-state index contributed by atoms with van der Waals surface area (Å²) in [5, 5.41) is 2.41. The number of nitrogens with one attached hydrogen (secondary N) is 1. The molecule has 0 atom stereocenters. The minimum absolute atomic E-state index is 0.0153. The van der Waals surface area contributed by atoms with Gasteiger partial charge in [0.2, 0.25) is 5.91 Å². The molecule has 112 valence electrons. The van der Waals surface area contributed by atoms with Gasteiger partial charge in [0.25, 0.3) is 5.91 Å². The molecule has 0 spiro atoms. The lowest BCUT2D eigenvalue weighted by molar-refractivity contribution is -0.138. The van der Waals surface area contributed by atoms with Crippen molar-refractivity contribution in [2.45, 2.75) is 26.4 Å². The van der Waals surface area contributed by atoms with E-state index in [9.17, 15) is 14.4 Å². The number of hydrogen-bond donors (Lipinski definition) is 1. The number of benzene rings is 1. The molecular weight excluding hydrogens is 270 g/mol. The van der Waals surface area contributed by atoms with Crippen LogP contribution in [0.3, 0.4) is 0 Å². The number of hydrogen-bond acceptors (Lipinski definition) is 3. The predicted octanol–water partition coefficient (Wildman–Crippen LogP) is 0.975. The fourth-order valence-electron chi connectivity index (χ4n) is 2.18. The molecule has 1 saturated heterocycles. The Labute approximate surface area is 123 Å². The summed E-state index contributed by atoms with van der Waals surface area (Å²) in [6.45, 7) is 4.03. The molecule has 0 radical (unpaired) electrons. The average molecular weight is 289 g/mol. The van der Waals surface area contributed by atoms with Crippen molar-refractivity contribution in [2.75, 3.05) is 13.1 Å². The van der Waals surface area contributed by atoms with Crippen LogP contribution in [0.1, 0.15) is 19.4 Å². The van der Waals surface area contributed by atoms with Crippen LogP contribution in [0.25, 0.3) is 0 Å². The molecular formula is C15H19N3O3. The second kappa shape index (κ2) is 6.39. The standard InChI is InChI=1S/C15H19N3O3/c1-11(2)17(9-12-6-4-3-5-7-12)14(20)10-18-13(19)8-16-15(18)21/h3-7,11H,8-10H2,1-2H3,(H,16,21). The molecule has 0 unspecified atom stereocenters. The molecule has 1 N–H and O–H groups in total. The summed E-state index contributed by atoms with van der Waals surface area (Å²) in [6.07, 6.45) is 0. The monoisotopic (exact) mass is 289 g/mol. The number of amides is 4. The topological polar surface area (TPSA) is 69.7 Å². The van der Waals surface area contributed by atoms with Gasteiger partial charge in [0.05, 0.1) is 6.54 Å². The quantitative estimate of drug-likeness (QED) is 0.821. The van der Waals surface area contributed by atoms with Crippen LogP contribution >= 0.6 is 0 Å². The van der Waals surface area contributed by atoms with E-state index in [1.54, 1.807) is 4.90 Å². The number of rotatable bonds is 5. The zero-order valence-corrected chi connectivity index (χ0v) is 12.2. The Bertz CT molecular complexity index is 526. The van der Waals surface area contributed by atoms with Crippen molar-refractivity contribution in [3.05, 3.63) is 35.9 Å². The van der Waals surface area contributed by atoms with Crippen molar-refractivity contribution < 1.29 is 14.4 Å². The van der Waals surface area contributed by atoms with Gasteiger partial charge < -0.3 is 10.2 Å². The maximum absolute atomic E-state index is 12.4. The highest BCUT2D eigenvalue weighted by Gasteiger charge is 2.32. The van der Waals surface area contributed by atoms with Crippen LogP contribution < -0.4 is 5.32 Å². The number of nitrogens with zero attached hydrogens (tertiary/aromatic N) is 2. The van der Waals surface area contributed by atoms with Gasteiger partial charge in [-0.25, -0.2) is 4.79 Å². The first-order valence-electron chi connectivity index (χ1n) is 6.90. The SMILES string of the molecule is CC(C)N(Cc1ccccc1)C(=O)CN1C(=O)CNC1=O. The number of urea groups is 1. The van der Waals surface area contributed by atoms with Crippen molar-refractivity contribution in [1.82, 2.24) is 15.1 Å². The molecule has 6 heteroatoms. The van der Waals surface area contributed by atoms with Crippen molar-refractivity contribution in [3.63, 3.8) is 0 Å². The van der Waals surface area contributed by atoms with E-state index < -0.39 is 6.03 Å². The van der Waals surface area contributed by atoms with Crippen LogP contribution in [0.5, 0.6) is 0 Å². The summed E-state index contributed by atoms with van der Waals surface area (Å²) in [7, 11) is 0. The Morgan fingerprint density at radius 2 is 1.95 bits per heavy atom. The Morgan fingerprint density at radius 3 is 2.48 bits per heavy atom. The van der Waals surface area contributed by atoms with Gasteiger partial charge in [-0.15, -0.1) is 0 Å². The number of carbonyl (C=O) groups excluding carboxylic acids is 3. The molecule has 0 aliphatic carbocycles. The highest BCUT2D eigenvalue weighted by atomic mass is 16.2. The van der Waals surface area contributed by atoms with E-state index in [-0.39, 0.29) is 30.9 Å². The molecule has 1 aromatic carbocycles. The van der Waals surface area contributed by atoms with Crippen LogP contribution in [0, 0.1) is 0 Å². The first-order valence-corrected chi connectivity index (χ1v) is 6.90. The van der Waals surface area contributed by atoms with Crippen molar-refractivity contribution in [1.29, 1.82) is 0 Å². The normalized spacial score (nSPS) is 14.5. The van der Waals surface area contributed by atoms with Crippen LogP contribution in [0.2, 0.25) is 0 Å². The third-order valence-corrected chi connectivity index (χ3v) is 3.37. The molecule has 1 heterocycles. The van der Waals surface area contributed by atoms with Crippen LogP contribution in [-0.4, -0.2) is 46.8 Å². The lowest BCUT2D eigenvalue weighted by Gasteiger charge is -2.28. The lowest BCUT2D eigenvalue weighted by Crippen LogP contribution is -2.45. The van der Waals surface area contributed by atoms with E-state index in [0.29, 0.717) is 6.54 Å². The van der Waals surface area contributed by atoms with Gasteiger partial charge in [0.15, 0.2) is 0 Å². The maximum Gasteiger partial charge on any atom is 0.325 e. The van der Waals surface area contributed by atoms with E-state index in [1.807, 2.05) is 44.2 Å². The van der Waals surface area contributed by atoms with Gasteiger partial charge >= 0.3 is 6.03 Å². The van der Waals surface area contributed by atoms with Gasteiger partial charge in [-0.2, -0.15) is 0 Å². The summed E-state index contributed by atoms with van der Waals surface area (Å²) in [5.74, 6) is -0.601. The zero-order chi connectivity index (χ0) is 15.4. The number of imide groups is 1. The molecule has 1 aliphatic rings. The Hall–Kier alpha value is -2.37. The van der Waals surface area contributed by atoms with E-state index >= 15 is 0 Å². The third-order valence-electron chi connectivity index (χ3n) is 3.37. The van der Waals surface area contributed by atoms with E-state index in [4.69, 9.17) is 0 Å². The molecule has 0 bridgehead atoms. The summed E-state index contributed by atoms with van der Waals surface area (Å²) in [4.78, 5) is 38.0. The van der Waals surface area contributed by atoms with Crippen molar-refractivity contribution >= 4 is 17.8 Å². The summed E-state index contributed by atoms with van der Waals surface area (Å²) >= 11 is 0. The Kier molecular flexibility index (Phi) is 4.57. The van der Waals surface area contributed by atoms with E-state index in [1.165, 1.54) is 0 Å². The van der Waals surface area contributed by atoms with Crippen LogP contribution in [0.15, 0.2) is 30.3 Å². The highest BCUT2D eigenvalue weighted by molar-refractivity contribution is 6.04. The van der Waals surface area contributed by atoms with Crippen molar-refractivity contribution in [2.24, 2.45) is 0 Å². The summed E-state index contributed by atoms with van der Waals surface area (Å²) in [5.41, 5.74) is 1.01. The van der Waals surface area contributed by atoms with Gasteiger partial charge in [0.1, 0.15) is 6.54 Å². The molecule has 1 fully saturated rings. The molecule has 0 saturated carbocycles. The smallest absolute Gasteiger partial charge is 0.325 e. The van der Waals surface area contributed by atoms with Crippen LogP contribution in [-0.2, 0) is 16.1 Å². The largest absolute Gasteiger partial charge is 0.334 e. The lowest BCUT2D eigenvalue weighted by atomic mass is 10.2. The van der Waals surface area contributed by atoms with Gasteiger partial charge in [-0.1, -0.05) is 30.3 Å². The predicted molar refractivity (Wildman–Crippen MR) is 77.2 cm³/mol. The van der Waals surface area contributed by atoms with Gasteiger partial charge in [0, 0.05) is 12.6 Å². The maximum atomic E-state index is 12.4. The Balaban J connectivity index is 2.06.